The van der Waals surface area contributed by atoms with Crippen LogP contribution in [0.3, 0.4) is 0 Å². The Labute approximate surface area is 176 Å². The predicted molar refractivity (Wildman–Crippen MR) is 114 cm³/mol. The van der Waals surface area contributed by atoms with Crippen molar-refractivity contribution in [3.8, 4) is 5.75 Å². The number of ether oxygens (including phenoxy) is 2. The van der Waals surface area contributed by atoms with E-state index in [1.165, 1.54) is 7.11 Å². The number of nitrogens with one attached hydrogen (secondary N) is 2. The van der Waals surface area contributed by atoms with Gasteiger partial charge in [0.25, 0.3) is 11.8 Å². The van der Waals surface area contributed by atoms with E-state index in [0.29, 0.717) is 17.0 Å². The van der Waals surface area contributed by atoms with Gasteiger partial charge < -0.3 is 20.1 Å². The average Bonchev–Trinajstić information content (AvgIpc) is 2.75. The molecule has 0 aliphatic carbocycles. The molecule has 0 spiro atoms. The van der Waals surface area contributed by atoms with Gasteiger partial charge in [-0.05, 0) is 42.2 Å². The molecule has 0 radical (unpaired) electrons. The molecule has 7 heteroatoms. The van der Waals surface area contributed by atoms with E-state index in [4.69, 9.17) is 9.47 Å². The first kappa shape index (κ1) is 22.9. The van der Waals surface area contributed by atoms with Crippen LogP contribution in [0.2, 0.25) is 0 Å². The van der Waals surface area contributed by atoms with Gasteiger partial charge in [-0.15, -0.1) is 0 Å². The summed E-state index contributed by atoms with van der Waals surface area (Å²) in [6.45, 7) is 5.17. The van der Waals surface area contributed by atoms with E-state index in [2.05, 4.69) is 10.6 Å². The van der Waals surface area contributed by atoms with Gasteiger partial charge in [-0.25, -0.2) is 4.79 Å². The average molecular weight is 412 g/mol. The van der Waals surface area contributed by atoms with Gasteiger partial charge in [0.15, 0.2) is 6.61 Å². The molecule has 2 N–H and O–H groups in total. The number of hydrogen-bond donors (Lipinski definition) is 2. The van der Waals surface area contributed by atoms with E-state index in [0.717, 1.165) is 12.0 Å². The van der Waals surface area contributed by atoms with E-state index in [1.807, 2.05) is 19.1 Å². The van der Waals surface area contributed by atoms with Crippen molar-refractivity contribution in [2.75, 3.05) is 19.0 Å². The number of hydrogen-bond acceptors (Lipinski definition) is 5. The number of carbonyl (C=O) groups excluding carboxylic acids is 3. The summed E-state index contributed by atoms with van der Waals surface area (Å²) in [5.74, 6) is -1.42. The standard InChI is InChI=1S/C23H28N2O5/c1-5-16-10-12-17(13-11-16)24-20(26)14-30-23(28)21(15(2)3)25-22(27)18-8-6-7-9-19(18)29-4/h6-13,15,21H,5,14H2,1-4H3,(H,24,26)(H,25,27)/t21-/m0/s1. The van der Waals surface area contributed by atoms with Crippen LogP contribution in [0.1, 0.15) is 36.7 Å². The lowest BCUT2D eigenvalue weighted by molar-refractivity contribution is -0.150. The predicted octanol–water partition coefficient (Wildman–Crippen LogP) is 3.19. The zero-order valence-corrected chi connectivity index (χ0v) is 17.7. The van der Waals surface area contributed by atoms with Crippen molar-refractivity contribution in [1.29, 1.82) is 0 Å². The lowest BCUT2D eigenvalue weighted by Crippen LogP contribution is -2.46. The highest BCUT2D eigenvalue weighted by molar-refractivity contribution is 5.99. The Kier molecular flexibility index (Phi) is 8.41. The van der Waals surface area contributed by atoms with Crippen LogP contribution in [0, 0.1) is 5.92 Å². The molecular formula is C23H28N2O5. The molecule has 0 bridgehead atoms. The fourth-order valence-corrected chi connectivity index (χ4v) is 2.80. The molecule has 0 heterocycles. The minimum Gasteiger partial charge on any atom is -0.496 e. The highest BCUT2D eigenvalue weighted by atomic mass is 16.5. The number of rotatable bonds is 9. The minimum absolute atomic E-state index is 0.235. The molecule has 160 valence electrons. The molecule has 2 rings (SSSR count). The molecule has 7 nitrogen and oxygen atoms in total. The van der Waals surface area contributed by atoms with Crippen LogP contribution in [-0.4, -0.2) is 37.5 Å². The van der Waals surface area contributed by atoms with Crippen LogP contribution in [0.25, 0.3) is 0 Å². The van der Waals surface area contributed by atoms with Crippen LogP contribution in [-0.2, 0) is 20.7 Å². The quantitative estimate of drug-likeness (QED) is 0.617. The Morgan fingerprint density at radius 3 is 2.27 bits per heavy atom. The highest BCUT2D eigenvalue weighted by Crippen LogP contribution is 2.18. The van der Waals surface area contributed by atoms with Gasteiger partial charge in [-0.1, -0.05) is 45.0 Å². The molecule has 1 atom stereocenters. The van der Waals surface area contributed by atoms with Crippen LogP contribution in [0.15, 0.2) is 48.5 Å². The summed E-state index contributed by atoms with van der Waals surface area (Å²) in [6.07, 6.45) is 0.906. The Morgan fingerprint density at radius 2 is 1.67 bits per heavy atom. The van der Waals surface area contributed by atoms with Crippen LogP contribution in [0.5, 0.6) is 5.75 Å². The number of carbonyl (C=O) groups is 3. The van der Waals surface area contributed by atoms with Crippen LogP contribution < -0.4 is 15.4 Å². The molecule has 2 amide bonds. The van der Waals surface area contributed by atoms with Crippen LogP contribution in [0.4, 0.5) is 5.69 Å². The maximum absolute atomic E-state index is 12.6. The number of aryl methyl sites for hydroxylation is 1. The van der Waals surface area contributed by atoms with Crippen molar-refractivity contribution >= 4 is 23.5 Å². The zero-order chi connectivity index (χ0) is 22.1. The lowest BCUT2D eigenvalue weighted by atomic mass is 10.0. The van der Waals surface area contributed by atoms with Gasteiger partial charge in [0.05, 0.1) is 12.7 Å². The molecule has 30 heavy (non-hydrogen) atoms. The summed E-state index contributed by atoms with van der Waals surface area (Å²) in [7, 11) is 1.47. The number of methoxy groups -OCH3 is 1. The molecule has 0 aromatic heterocycles. The SMILES string of the molecule is CCc1ccc(NC(=O)COC(=O)[C@@H](NC(=O)c2ccccc2OC)C(C)C)cc1. The van der Waals surface area contributed by atoms with Crippen molar-refractivity contribution in [3.05, 3.63) is 59.7 Å². The summed E-state index contributed by atoms with van der Waals surface area (Å²) >= 11 is 0. The molecule has 0 saturated heterocycles. The van der Waals surface area contributed by atoms with Crippen molar-refractivity contribution in [2.45, 2.75) is 33.2 Å². The summed E-state index contributed by atoms with van der Waals surface area (Å²) < 4.78 is 10.3. The third kappa shape index (κ3) is 6.34. The molecule has 0 saturated carbocycles. The first-order valence-electron chi connectivity index (χ1n) is 9.85. The Hall–Kier alpha value is -3.35. The second kappa shape index (κ2) is 11.0. The molecule has 0 unspecified atom stereocenters. The second-order valence-electron chi connectivity index (χ2n) is 7.10. The second-order valence-corrected chi connectivity index (χ2v) is 7.10. The van der Waals surface area contributed by atoms with E-state index in [-0.39, 0.29) is 5.92 Å². The fourth-order valence-electron chi connectivity index (χ4n) is 2.80. The summed E-state index contributed by atoms with van der Waals surface area (Å²) in [5, 5.41) is 5.35. The maximum atomic E-state index is 12.6. The van der Waals surface area contributed by atoms with Gasteiger partial charge in [0.2, 0.25) is 0 Å². The van der Waals surface area contributed by atoms with Gasteiger partial charge in [-0.3, -0.25) is 9.59 Å². The molecular weight excluding hydrogens is 384 g/mol. The topological polar surface area (TPSA) is 93.7 Å². The third-order valence-electron chi connectivity index (χ3n) is 4.55. The molecule has 2 aromatic rings. The van der Waals surface area contributed by atoms with Crippen molar-refractivity contribution in [2.24, 2.45) is 5.92 Å². The smallest absolute Gasteiger partial charge is 0.329 e. The fraction of sp³-hybridized carbons (Fsp3) is 0.348. The maximum Gasteiger partial charge on any atom is 0.329 e. The molecule has 0 fully saturated rings. The van der Waals surface area contributed by atoms with E-state index in [9.17, 15) is 14.4 Å². The third-order valence-corrected chi connectivity index (χ3v) is 4.55. The first-order chi connectivity index (χ1) is 14.3. The van der Waals surface area contributed by atoms with E-state index >= 15 is 0 Å². The monoisotopic (exact) mass is 412 g/mol. The van der Waals surface area contributed by atoms with Gasteiger partial charge >= 0.3 is 5.97 Å². The normalized spacial score (nSPS) is 11.5. The zero-order valence-electron chi connectivity index (χ0n) is 17.7. The van der Waals surface area contributed by atoms with E-state index in [1.54, 1.807) is 50.2 Å². The summed E-state index contributed by atoms with van der Waals surface area (Å²) in [4.78, 5) is 37.2. The Morgan fingerprint density at radius 1 is 1.00 bits per heavy atom. The van der Waals surface area contributed by atoms with Crippen molar-refractivity contribution in [3.63, 3.8) is 0 Å². The summed E-state index contributed by atoms with van der Waals surface area (Å²) in [6, 6.07) is 13.2. The molecule has 2 aromatic carbocycles. The number of esters is 1. The van der Waals surface area contributed by atoms with Crippen molar-refractivity contribution < 1.29 is 23.9 Å². The largest absolute Gasteiger partial charge is 0.496 e. The summed E-state index contributed by atoms with van der Waals surface area (Å²) in [5.41, 5.74) is 2.09. The van der Waals surface area contributed by atoms with E-state index < -0.39 is 30.4 Å². The number of benzene rings is 2. The lowest BCUT2D eigenvalue weighted by Gasteiger charge is -2.21. The number of para-hydroxylation sites is 1. The Balaban J connectivity index is 1.94. The highest BCUT2D eigenvalue weighted by Gasteiger charge is 2.27. The molecule has 0 aliphatic heterocycles. The van der Waals surface area contributed by atoms with Gasteiger partial charge in [0, 0.05) is 5.69 Å². The van der Waals surface area contributed by atoms with Crippen LogP contribution >= 0.6 is 0 Å². The van der Waals surface area contributed by atoms with Crippen molar-refractivity contribution in [1.82, 2.24) is 5.32 Å². The Bertz CT molecular complexity index is 877. The number of anilines is 1. The minimum atomic E-state index is -0.904. The molecule has 0 aliphatic rings. The first-order valence-corrected chi connectivity index (χ1v) is 9.85. The van der Waals surface area contributed by atoms with Gasteiger partial charge in [0.1, 0.15) is 11.8 Å². The number of amides is 2. The van der Waals surface area contributed by atoms with Gasteiger partial charge in [-0.2, -0.15) is 0 Å².